The summed E-state index contributed by atoms with van der Waals surface area (Å²) in [4.78, 5) is 21.7. The van der Waals surface area contributed by atoms with Gasteiger partial charge in [0.25, 0.3) is 5.91 Å². The largest absolute Gasteiger partial charge is 0.497 e. The number of methoxy groups -OCH3 is 1. The van der Waals surface area contributed by atoms with Crippen molar-refractivity contribution in [2.24, 2.45) is 5.41 Å². The number of nitrogens with zero attached hydrogens (tertiary/aromatic N) is 4. The minimum absolute atomic E-state index is 0.117. The average molecular weight is 628 g/mol. The number of ether oxygens (including phenoxy) is 2. The third-order valence-electron chi connectivity index (χ3n) is 9.71. The number of hydrogen-bond acceptors (Lipinski definition) is 6. The molecule has 1 N–H and O–H groups in total. The Labute approximate surface area is 263 Å². The summed E-state index contributed by atoms with van der Waals surface area (Å²) in [7, 11) is 1.52. The molecule has 3 fully saturated rings. The molecule has 0 radical (unpaired) electrons. The molecule has 46 heavy (non-hydrogen) atoms. The van der Waals surface area contributed by atoms with Crippen molar-refractivity contribution in [3.63, 3.8) is 0 Å². The average Bonchev–Trinajstić information content (AvgIpc) is 3.55. The Kier molecular flexibility index (Phi) is 7.62. The van der Waals surface area contributed by atoms with Gasteiger partial charge in [-0.05, 0) is 79.8 Å². The molecule has 11 heteroatoms. The van der Waals surface area contributed by atoms with Gasteiger partial charge in [-0.2, -0.15) is 9.49 Å². The number of benzene rings is 3. The fourth-order valence-corrected chi connectivity index (χ4v) is 6.81. The van der Waals surface area contributed by atoms with Gasteiger partial charge in [0.15, 0.2) is 23.2 Å². The molecule has 5 aromatic rings. The highest BCUT2D eigenvalue weighted by Gasteiger charge is 2.50. The van der Waals surface area contributed by atoms with Crippen molar-refractivity contribution in [2.45, 2.75) is 50.7 Å². The van der Waals surface area contributed by atoms with E-state index in [1.165, 1.54) is 7.11 Å². The fraction of sp³-hybridized carbons (Fsp3) is 0.314. The van der Waals surface area contributed by atoms with Gasteiger partial charge in [-0.25, -0.2) is 18.7 Å². The molecule has 0 atom stereocenters. The molecular formula is C35H32F3N5O3. The molecule has 2 aromatic heterocycles. The molecule has 1 amide bonds. The highest BCUT2D eigenvalue weighted by atomic mass is 19.2. The maximum absolute atomic E-state index is 15.0. The van der Waals surface area contributed by atoms with Crippen LogP contribution in [0.2, 0.25) is 0 Å². The molecule has 8 nitrogen and oxygen atoms in total. The maximum atomic E-state index is 15.0. The van der Waals surface area contributed by atoms with E-state index in [9.17, 15) is 18.0 Å². The lowest BCUT2D eigenvalue weighted by molar-refractivity contribution is -0.00564. The van der Waals surface area contributed by atoms with Crippen LogP contribution in [0, 0.1) is 22.9 Å². The Balaban J connectivity index is 0.993. The summed E-state index contributed by atoms with van der Waals surface area (Å²) in [5.41, 5.74) is 1.42. The van der Waals surface area contributed by atoms with Crippen LogP contribution in [0.3, 0.4) is 0 Å². The van der Waals surface area contributed by atoms with Crippen molar-refractivity contribution in [1.82, 2.24) is 25.1 Å². The molecule has 0 spiro atoms. The second kappa shape index (κ2) is 11.8. The Hall–Kier alpha value is -4.93. The van der Waals surface area contributed by atoms with Gasteiger partial charge in [-0.15, -0.1) is 0 Å². The van der Waals surface area contributed by atoms with E-state index in [4.69, 9.17) is 14.6 Å². The van der Waals surface area contributed by atoms with Crippen molar-refractivity contribution in [1.29, 1.82) is 0 Å². The molecule has 236 valence electrons. The molecular weight excluding hydrogens is 595 g/mol. The lowest BCUT2D eigenvalue weighted by Gasteiger charge is -2.53. The minimum Gasteiger partial charge on any atom is -0.497 e. The van der Waals surface area contributed by atoms with Crippen molar-refractivity contribution >= 4 is 16.8 Å². The molecule has 0 unspecified atom stereocenters. The first kappa shape index (κ1) is 29.8. The number of nitrogens with one attached hydrogen (secondary N) is 1. The van der Waals surface area contributed by atoms with Crippen LogP contribution in [-0.2, 0) is 12.1 Å². The number of amides is 1. The Morgan fingerprint density at radius 2 is 1.65 bits per heavy atom. The zero-order valence-corrected chi connectivity index (χ0v) is 25.2. The quantitative estimate of drug-likeness (QED) is 0.178. The van der Waals surface area contributed by atoms with Crippen LogP contribution in [0.5, 0.6) is 11.5 Å². The number of aromatic nitrogens is 4. The van der Waals surface area contributed by atoms with Gasteiger partial charge < -0.3 is 14.8 Å². The first-order valence-electron chi connectivity index (χ1n) is 15.3. The minimum atomic E-state index is -1.54. The van der Waals surface area contributed by atoms with Crippen LogP contribution in [0.4, 0.5) is 13.2 Å². The molecule has 8 rings (SSSR count). The summed E-state index contributed by atoms with van der Waals surface area (Å²) >= 11 is 0. The lowest BCUT2D eigenvalue weighted by atomic mass is 9.57. The van der Waals surface area contributed by atoms with Crippen LogP contribution in [0.1, 0.15) is 54.4 Å². The van der Waals surface area contributed by atoms with Gasteiger partial charge >= 0.3 is 0 Å². The molecule has 3 saturated carbocycles. The predicted molar refractivity (Wildman–Crippen MR) is 165 cm³/mol. The van der Waals surface area contributed by atoms with E-state index in [0.717, 1.165) is 55.0 Å². The van der Waals surface area contributed by atoms with Gasteiger partial charge in [0.2, 0.25) is 5.82 Å². The van der Waals surface area contributed by atoms with Gasteiger partial charge in [0, 0.05) is 36.1 Å². The molecule has 3 aliphatic rings. The van der Waals surface area contributed by atoms with E-state index < -0.39 is 34.7 Å². The first-order chi connectivity index (χ1) is 22.3. The molecule has 2 heterocycles. The van der Waals surface area contributed by atoms with E-state index in [-0.39, 0.29) is 17.6 Å². The third-order valence-corrected chi connectivity index (χ3v) is 9.71. The summed E-state index contributed by atoms with van der Waals surface area (Å²) in [6, 6.07) is 15.2. The second-order valence-corrected chi connectivity index (χ2v) is 12.3. The number of carbonyl (C=O) groups is 1. The molecule has 3 aromatic carbocycles. The summed E-state index contributed by atoms with van der Waals surface area (Å²) in [6.45, 7) is 0.104. The van der Waals surface area contributed by atoms with E-state index in [1.807, 2.05) is 18.2 Å². The number of hydrogen-bond donors (Lipinski definition) is 1. The first-order valence-corrected chi connectivity index (χ1v) is 15.3. The SMILES string of the molecule is COc1ccc(COc2c(F)cc(C(=O)NCC34CCC(n5cc6ccc(-c7ncccn7)cc6n5)(CC3)CC4)c(F)c2F)cc1. The second-order valence-electron chi connectivity index (χ2n) is 12.3. The van der Waals surface area contributed by atoms with Gasteiger partial charge in [-0.1, -0.05) is 24.3 Å². The predicted octanol–water partition coefficient (Wildman–Crippen LogP) is 6.98. The summed E-state index contributed by atoms with van der Waals surface area (Å²) in [6.07, 6.45) is 10.7. The number of fused-ring (bicyclic) bond motifs is 4. The van der Waals surface area contributed by atoms with Crippen LogP contribution >= 0.6 is 0 Å². The van der Waals surface area contributed by atoms with Crippen LogP contribution in [0.25, 0.3) is 22.3 Å². The normalized spacial score (nSPS) is 20.5. The number of rotatable bonds is 9. The Bertz CT molecular complexity index is 1890. The van der Waals surface area contributed by atoms with Gasteiger partial charge in [0.05, 0.1) is 23.7 Å². The molecule has 3 aliphatic carbocycles. The number of carbonyl (C=O) groups excluding carboxylic acids is 1. The van der Waals surface area contributed by atoms with Crippen molar-refractivity contribution in [3.05, 3.63) is 102 Å². The Morgan fingerprint density at radius 3 is 2.35 bits per heavy atom. The topological polar surface area (TPSA) is 91.2 Å². The van der Waals surface area contributed by atoms with Crippen LogP contribution < -0.4 is 14.8 Å². The maximum Gasteiger partial charge on any atom is 0.254 e. The molecule has 0 aliphatic heterocycles. The highest BCUT2D eigenvalue weighted by Crippen LogP contribution is 2.55. The monoisotopic (exact) mass is 627 g/mol. The van der Waals surface area contributed by atoms with Gasteiger partial charge in [-0.3, -0.25) is 9.48 Å². The lowest BCUT2D eigenvalue weighted by Crippen LogP contribution is -2.51. The summed E-state index contributed by atoms with van der Waals surface area (Å²) in [5, 5.41) is 8.77. The van der Waals surface area contributed by atoms with E-state index in [2.05, 4.69) is 26.2 Å². The van der Waals surface area contributed by atoms with E-state index in [1.54, 1.807) is 42.7 Å². The standard InChI is InChI=1S/C35H32F3N5O3/c1-45-25-7-3-22(4-8-25)20-46-31-27(36)18-26(29(37)30(31)38)33(44)41-21-34-9-12-35(13-10-34,14-11-34)43-19-24-6-5-23(17-28(24)42-43)32-39-15-2-16-40-32/h2-8,15-19H,9-14,20-21H2,1H3,(H,41,44). The van der Waals surface area contributed by atoms with Crippen molar-refractivity contribution < 1.29 is 27.4 Å². The summed E-state index contributed by atoms with van der Waals surface area (Å²) in [5.74, 6) is -4.58. The smallest absolute Gasteiger partial charge is 0.254 e. The molecule has 2 bridgehead atoms. The highest BCUT2D eigenvalue weighted by molar-refractivity contribution is 5.94. The zero-order chi connectivity index (χ0) is 31.9. The van der Waals surface area contributed by atoms with Crippen molar-refractivity contribution in [2.75, 3.05) is 13.7 Å². The van der Waals surface area contributed by atoms with Gasteiger partial charge in [0.1, 0.15) is 12.4 Å². The Morgan fingerprint density at radius 1 is 0.935 bits per heavy atom. The fourth-order valence-electron chi connectivity index (χ4n) is 6.81. The van der Waals surface area contributed by atoms with E-state index in [0.29, 0.717) is 29.7 Å². The number of halogens is 3. The van der Waals surface area contributed by atoms with Crippen LogP contribution in [0.15, 0.2) is 73.2 Å². The summed E-state index contributed by atoms with van der Waals surface area (Å²) < 4.78 is 57.2. The molecule has 0 saturated heterocycles. The van der Waals surface area contributed by atoms with Crippen LogP contribution in [-0.4, -0.2) is 39.3 Å². The van der Waals surface area contributed by atoms with Crippen molar-refractivity contribution in [3.8, 4) is 22.9 Å². The zero-order valence-electron chi connectivity index (χ0n) is 25.2. The third kappa shape index (κ3) is 5.44. The van der Waals surface area contributed by atoms with E-state index >= 15 is 0 Å².